The quantitative estimate of drug-likeness (QED) is 0.618. The van der Waals surface area contributed by atoms with Crippen molar-refractivity contribution in [2.75, 3.05) is 13.1 Å². The molecule has 0 saturated carbocycles. The molecule has 1 saturated heterocycles. The van der Waals surface area contributed by atoms with Crippen LogP contribution in [0.3, 0.4) is 0 Å². The van der Waals surface area contributed by atoms with E-state index < -0.39 is 11.6 Å². The van der Waals surface area contributed by atoms with Gasteiger partial charge in [-0.05, 0) is 31.0 Å². The summed E-state index contributed by atoms with van der Waals surface area (Å²) in [6.07, 6.45) is 3.08. The van der Waals surface area contributed by atoms with Crippen LogP contribution < -0.4 is 5.32 Å². The number of amides is 1. The molecule has 0 radical (unpaired) electrons. The van der Waals surface area contributed by atoms with Gasteiger partial charge in [0.25, 0.3) is 5.91 Å². The van der Waals surface area contributed by atoms with Crippen LogP contribution in [0.4, 0.5) is 0 Å². The van der Waals surface area contributed by atoms with Gasteiger partial charge in [0.1, 0.15) is 11.6 Å². The summed E-state index contributed by atoms with van der Waals surface area (Å²) in [7, 11) is 0. The maximum Gasteiger partial charge on any atom is 0.255 e. The average molecular weight is 435 g/mol. The average Bonchev–Trinajstić information content (AvgIpc) is 3.22. The number of benzene rings is 1. The molecule has 0 bridgehead atoms. The van der Waals surface area contributed by atoms with E-state index in [0.29, 0.717) is 37.4 Å². The molecule has 4 rings (SSSR count). The highest BCUT2D eigenvalue weighted by Gasteiger charge is 2.45. The van der Waals surface area contributed by atoms with E-state index in [1.54, 1.807) is 19.2 Å². The summed E-state index contributed by atoms with van der Waals surface area (Å²) in [6.45, 7) is 7.65. The minimum atomic E-state index is -0.882. The number of hydrogen-bond donors (Lipinski definition) is 2. The summed E-state index contributed by atoms with van der Waals surface area (Å²) in [5.74, 6) is 1.39. The zero-order valence-electron chi connectivity index (χ0n) is 18.8. The van der Waals surface area contributed by atoms with E-state index in [2.05, 4.69) is 34.0 Å². The number of furan rings is 1. The van der Waals surface area contributed by atoms with Crippen molar-refractivity contribution in [2.45, 2.75) is 51.3 Å². The fraction of sp³-hybridized carbons (Fsp3) is 0.400. The Kier molecular flexibility index (Phi) is 6.39. The van der Waals surface area contributed by atoms with Gasteiger partial charge >= 0.3 is 0 Å². The van der Waals surface area contributed by atoms with E-state index in [1.807, 2.05) is 36.4 Å². The first kappa shape index (κ1) is 22.2. The Labute approximate surface area is 188 Å². The molecule has 3 heterocycles. The van der Waals surface area contributed by atoms with Crippen molar-refractivity contribution in [3.63, 3.8) is 0 Å². The van der Waals surface area contributed by atoms with Gasteiger partial charge in [-0.3, -0.25) is 9.69 Å². The van der Waals surface area contributed by atoms with E-state index in [0.717, 1.165) is 17.1 Å². The molecule has 1 aliphatic heterocycles. The fourth-order valence-electron chi connectivity index (χ4n) is 4.33. The minimum absolute atomic E-state index is 0.245. The van der Waals surface area contributed by atoms with Crippen molar-refractivity contribution in [1.29, 1.82) is 0 Å². The molecule has 0 aliphatic carbocycles. The molecular formula is C25H30N4O3. The Balaban J connectivity index is 1.56. The van der Waals surface area contributed by atoms with E-state index >= 15 is 0 Å². The lowest BCUT2D eigenvalue weighted by Crippen LogP contribution is -2.61. The maximum absolute atomic E-state index is 13.1. The Morgan fingerprint density at radius 2 is 2.06 bits per heavy atom. The van der Waals surface area contributed by atoms with Crippen LogP contribution >= 0.6 is 0 Å². The number of rotatable bonds is 6. The summed E-state index contributed by atoms with van der Waals surface area (Å²) in [4.78, 5) is 24.3. The molecular weight excluding hydrogens is 404 g/mol. The van der Waals surface area contributed by atoms with Crippen LogP contribution in [0, 0.1) is 6.92 Å². The van der Waals surface area contributed by atoms with Crippen LogP contribution in [0.2, 0.25) is 0 Å². The van der Waals surface area contributed by atoms with E-state index in [9.17, 15) is 9.90 Å². The summed E-state index contributed by atoms with van der Waals surface area (Å²) in [5, 5.41) is 14.5. The van der Waals surface area contributed by atoms with Gasteiger partial charge in [-0.25, -0.2) is 9.97 Å². The van der Waals surface area contributed by atoms with Crippen molar-refractivity contribution in [3.05, 3.63) is 83.3 Å². The largest absolute Gasteiger partial charge is 0.469 e. The number of β-amino-alcohol motifs (C(OH)–C–C–N with tert-alkyl or cyclic N) is 1. The number of likely N-dealkylation sites (tertiary alicyclic amines) is 1. The Hall–Kier alpha value is -3.03. The molecule has 7 nitrogen and oxygen atoms in total. The molecule has 3 aromatic rings. The third-order valence-corrected chi connectivity index (χ3v) is 6.19. The highest BCUT2D eigenvalue weighted by molar-refractivity contribution is 5.95. The number of carbonyl (C=O) groups is 1. The third-order valence-electron chi connectivity index (χ3n) is 6.19. The Morgan fingerprint density at radius 1 is 1.28 bits per heavy atom. The van der Waals surface area contributed by atoms with Crippen molar-refractivity contribution in [1.82, 2.24) is 20.2 Å². The van der Waals surface area contributed by atoms with Crippen molar-refractivity contribution in [2.24, 2.45) is 0 Å². The first-order valence-corrected chi connectivity index (χ1v) is 11.0. The summed E-state index contributed by atoms with van der Waals surface area (Å²) in [6, 6.07) is 13.3. The Bertz CT molecular complexity index is 1070. The van der Waals surface area contributed by atoms with Gasteiger partial charge in [0.2, 0.25) is 0 Å². The zero-order valence-corrected chi connectivity index (χ0v) is 18.8. The second-order valence-electron chi connectivity index (χ2n) is 8.74. The zero-order chi connectivity index (χ0) is 22.7. The lowest BCUT2D eigenvalue weighted by atomic mass is 9.78. The first-order chi connectivity index (χ1) is 15.4. The van der Waals surface area contributed by atoms with E-state index in [1.165, 1.54) is 6.26 Å². The standard InChI is InChI=1S/C25H30N4O3/c1-17(2)23-26-12-9-20(27-23)15-29-13-11-25(22(30)16-29,19-7-5-4-6-8-19)28-24(31)21-10-14-32-18(21)3/h4-10,12,14,17,22,30H,11,13,15-16H2,1-3H3,(H,28,31)/t22-,25-/m1/s1. The summed E-state index contributed by atoms with van der Waals surface area (Å²) < 4.78 is 5.31. The molecule has 1 aromatic carbocycles. The molecule has 2 atom stereocenters. The van der Waals surface area contributed by atoms with E-state index in [4.69, 9.17) is 4.42 Å². The monoisotopic (exact) mass is 434 g/mol. The number of nitrogens with one attached hydrogen (secondary N) is 1. The molecule has 0 spiro atoms. The predicted molar refractivity (Wildman–Crippen MR) is 121 cm³/mol. The number of piperidine rings is 1. The van der Waals surface area contributed by atoms with E-state index in [-0.39, 0.29) is 11.8 Å². The molecule has 2 N–H and O–H groups in total. The summed E-state index contributed by atoms with van der Waals surface area (Å²) in [5.41, 5.74) is 1.43. The van der Waals surface area contributed by atoms with Crippen molar-refractivity contribution < 1.29 is 14.3 Å². The molecule has 0 unspecified atom stereocenters. The van der Waals surface area contributed by atoms with Gasteiger partial charge in [-0.2, -0.15) is 0 Å². The second kappa shape index (κ2) is 9.22. The van der Waals surface area contributed by atoms with Crippen LogP contribution in [-0.4, -0.2) is 45.1 Å². The van der Waals surface area contributed by atoms with Gasteiger partial charge in [0.05, 0.1) is 29.2 Å². The molecule has 1 fully saturated rings. The van der Waals surface area contributed by atoms with Crippen LogP contribution in [0.15, 0.2) is 59.3 Å². The summed E-state index contributed by atoms with van der Waals surface area (Å²) >= 11 is 0. The number of aryl methyl sites for hydroxylation is 1. The predicted octanol–water partition coefficient (Wildman–Crippen LogP) is 3.39. The number of aromatic nitrogens is 2. The molecule has 2 aromatic heterocycles. The topological polar surface area (TPSA) is 91.5 Å². The number of hydrogen-bond acceptors (Lipinski definition) is 6. The number of nitrogens with zero attached hydrogens (tertiary/aromatic N) is 3. The third kappa shape index (κ3) is 4.45. The van der Waals surface area contributed by atoms with Gasteiger partial charge < -0.3 is 14.8 Å². The minimum Gasteiger partial charge on any atom is -0.469 e. The lowest BCUT2D eigenvalue weighted by molar-refractivity contribution is -0.0184. The number of aliphatic hydroxyl groups is 1. The van der Waals surface area contributed by atoms with Crippen molar-refractivity contribution in [3.8, 4) is 0 Å². The fourth-order valence-corrected chi connectivity index (χ4v) is 4.33. The highest BCUT2D eigenvalue weighted by Crippen LogP contribution is 2.34. The first-order valence-electron chi connectivity index (χ1n) is 11.0. The molecule has 1 amide bonds. The Morgan fingerprint density at radius 3 is 2.72 bits per heavy atom. The van der Waals surface area contributed by atoms with Crippen LogP contribution in [-0.2, 0) is 12.1 Å². The van der Waals surface area contributed by atoms with Gasteiger partial charge in [-0.15, -0.1) is 0 Å². The maximum atomic E-state index is 13.1. The van der Waals surface area contributed by atoms with Gasteiger partial charge in [0, 0.05) is 31.7 Å². The molecule has 1 aliphatic rings. The van der Waals surface area contributed by atoms with Crippen LogP contribution in [0.5, 0.6) is 0 Å². The van der Waals surface area contributed by atoms with Gasteiger partial charge in [-0.1, -0.05) is 44.2 Å². The normalized spacial score (nSPS) is 21.6. The highest BCUT2D eigenvalue weighted by atomic mass is 16.3. The van der Waals surface area contributed by atoms with Crippen LogP contribution in [0.1, 0.15) is 59.4 Å². The van der Waals surface area contributed by atoms with Crippen LogP contribution in [0.25, 0.3) is 0 Å². The smallest absolute Gasteiger partial charge is 0.255 e. The van der Waals surface area contributed by atoms with Gasteiger partial charge in [0.15, 0.2) is 0 Å². The molecule has 7 heteroatoms. The number of carbonyl (C=O) groups excluding carboxylic acids is 1. The van der Waals surface area contributed by atoms with Crippen molar-refractivity contribution >= 4 is 5.91 Å². The lowest BCUT2D eigenvalue weighted by Gasteiger charge is -2.46. The molecule has 168 valence electrons. The molecule has 32 heavy (non-hydrogen) atoms. The number of aliphatic hydroxyl groups excluding tert-OH is 1. The second-order valence-corrected chi connectivity index (χ2v) is 8.74. The SMILES string of the molecule is Cc1occc1C(=O)N[C@@]1(c2ccccc2)CCN(Cc2ccnc(C(C)C)n2)C[C@H]1O.